The Kier molecular flexibility index (Phi) is 4.54. The van der Waals surface area contributed by atoms with Crippen molar-refractivity contribution < 1.29 is 4.79 Å². The van der Waals surface area contributed by atoms with E-state index >= 15 is 0 Å². The van der Waals surface area contributed by atoms with Crippen molar-refractivity contribution in [1.29, 1.82) is 0 Å². The van der Waals surface area contributed by atoms with Gasteiger partial charge in [0.05, 0.1) is 17.1 Å². The van der Waals surface area contributed by atoms with E-state index < -0.39 is 0 Å². The maximum Gasteiger partial charge on any atom is 0.244 e. The van der Waals surface area contributed by atoms with Gasteiger partial charge in [-0.3, -0.25) is 9.48 Å². The molecule has 1 amide bonds. The third kappa shape index (κ3) is 2.99. The maximum atomic E-state index is 11.9. The zero-order chi connectivity index (χ0) is 13.0. The van der Waals surface area contributed by atoms with Gasteiger partial charge in [-0.1, -0.05) is 13.3 Å². The molecule has 1 aromatic heterocycles. The van der Waals surface area contributed by atoms with E-state index in [0.29, 0.717) is 12.2 Å². The Morgan fingerprint density at radius 3 is 2.65 bits per heavy atom. The van der Waals surface area contributed by atoms with Crippen molar-refractivity contribution in [2.45, 2.75) is 46.6 Å². The van der Waals surface area contributed by atoms with Gasteiger partial charge in [-0.15, -0.1) is 0 Å². The zero-order valence-corrected chi connectivity index (χ0v) is 11.1. The lowest BCUT2D eigenvalue weighted by Gasteiger charge is -2.14. The first kappa shape index (κ1) is 13.5. The smallest absolute Gasteiger partial charge is 0.244 e. The van der Waals surface area contributed by atoms with Crippen LogP contribution < -0.4 is 11.1 Å². The first-order valence-electron chi connectivity index (χ1n) is 6.07. The fraction of sp³-hybridized carbons (Fsp3) is 0.667. The molecule has 1 unspecified atom stereocenters. The first-order valence-corrected chi connectivity index (χ1v) is 6.07. The van der Waals surface area contributed by atoms with Gasteiger partial charge < -0.3 is 11.1 Å². The molecule has 0 spiro atoms. The molecule has 0 radical (unpaired) electrons. The molecule has 1 atom stereocenters. The minimum atomic E-state index is -0.317. The lowest BCUT2D eigenvalue weighted by molar-refractivity contribution is -0.124. The molecule has 0 aliphatic carbocycles. The van der Waals surface area contributed by atoms with Gasteiger partial charge in [0.1, 0.15) is 6.04 Å². The molecule has 17 heavy (non-hydrogen) atoms. The highest BCUT2D eigenvalue weighted by Gasteiger charge is 2.19. The molecule has 96 valence electrons. The van der Waals surface area contributed by atoms with Crippen LogP contribution in [0.3, 0.4) is 0 Å². The van der Waals surface area contributed by atoms with Crippen LogP contribution in [0.25, 0.3) is 0 Å². The molecule has 1 heterocycles. The maximum absolute atomic E-state index is 11.9. The summed E-state index contributed by atoms with van der Waals surface area (Å²) >= 11 is 0. The van der Waals surface area contributed by atoms with Crippen molar-refractivity contribution in [3.8, 4) is 0 Å². The van der Waals surface area contributed by atoms with Gasteiger partial charge in [-0.25, -0.2) is 0 Å². The van der Waals surface area contributed by atoms with Crippen LogP contribution in [0.15, 0.2) is 0 Å². The minimum Gasteiger partial charge on any atom is -0.396 e. The van der Waals surface area contributed by atoms with E-state index in [9.17, 15) is 4.79 Å². The fourth-order valence-electron chi connectivity index (χ4n) is 1.70. The second kappa shape index (κ2) is 5.70. The summed E-state index contributed by atoms with van der Waals surface area (Å²) in [6, 6.07) is -0.317. The zero-order valence-electron chi connectivity index (χ0n) is 11.1. The monoisotopic (exact) mass is 238 g/mol. The summed E-state index contributed by atoms with van der Waals surface area (Å²) in [6.07, 6.45) is 2.07. The number of carbonyl (C=O) groups excluding carboxylic acids is 1. The average molecular weight is 238 g/mol. The number of rotatable bonds is 5. The third-order valence-electron chi connectivity index (χ3n) is 2.96. The first-order chi connectivity index (χ1) is 7.99. The second-order valence-electron chi connectivity index (χ2n) is 4.35. The van der Waals surface area contributed by atoms with Crippen molar-refractivity contribution in [2.24, 2.45) is 0 Å². The molecular weight excluding hydrogens is 216 g/mol. The number of nitrogens with two attached hydrogens (primary N) is 1. The normalized spacial score (nSPS) is 12.5. The van der Waals surface area contributed by atoms with Crippen LogP contribution >= 0.6 is 0 Å². The van der Waals surface area contributed by atoms with Crippen LogP contribution in [0.4, 0.5) is 5.69 Å². The number of hydrogen-bond acceptors (Lipinski definition) is 3. The van der Waals surface area contributed by atoms with Gasteiger partial charge in [0.15, 0.2) is 0 Å². The number of aryl methyl sites for hydroxylation is 1. The van der Waals surface area contributed by atoms with Gasteiger partial charge in [-0.05, 0) is 27.2 Å². The van der Waals surface area contributed by atoms with Gasteiger partial charge in [0, 0.05) is 6.54 Å². The molecule has 0 aliphatic heterocycles. The van der Waals surface area contributed by atoms with Crippen molar-refractivity contribution in [3.05, 3.63) is 11.4 Å². The molecule has 3 N–H and O–H groups in total. The quantitative estimate of drug-likeness (QED) is 0.765. The Bertz CT molecular complexity index is 397. The van der Waals surface area contributed by atoms with E-state index in [0.717, 1.165) is 24.2 Å². The minimum absolute atomic E-state index is 0.0101. The predicted octanol–water partition coefficient (Wildman–Crippen LogP) is 1.56. The number of aromatic nitrogens is 2. The van der Waals surface area contributed by atoms with E-state index in [1.54, 1.807) is 4.68 Å². The number of anilines is 1. The van der Waals surface area contributed by atoms with E-state index in [4.69, 9.17) is 5.73 Å². The largest absolute Gasteiger partial charge is 0.396 e. The van der Waals surface area contributed by atoms with E-state index in [1.165, 1.54) is 0 Å². The molecule has 0 saturated carbocycles. The molecule has 5 heteroatoms. The molecule has 0 aliphatic rings. The third-order valence-corrected chi connectivity index (χ3v) is 2.96. The highest BCUT2D eigenvalue weighted by Crippen LogP contribution is 2.18. The topological polar surface area (TPSA) is 72.9 Å². The SMILES string of the molecule is CCCCNC(=O)C(C)n1nc(C)c(N)c1C. The van der Waals surface area contributed by atoms with E-state index in [-0.39, 0.29) is 11.9 Å². The summed E-state index contributed by atoms with van der Waals surface area (Å²) in [5.41, 5.74) is 8.13. The highest BCUT2D eigenvalue weighted by molar-refractivity contribution is 5.80. The number of amides is 1. The van der Waals surface area contributed by atoms with Crippen molar-refractivity contribution >= 4 is 11.6 Å². The highest BCUT2D eigenvalue weighted by atomic mass is 16.2. The van der Waals surface area contributed by atoms with Crippen molar-refractivity contribution in [1.82, 2.24) is 15.1 Å². The number of unbranched alkanes of at least 4 members (excludes halogenated alkanes) is 1. The molecule has 5 nitrogen and oxygen atoms in total. The molecule has 0 fully saturated rings. The van der Waals surface area contributed by atoms with Gasteiger partial charge >= 0.3 is 0 Å². The van der Waals surface area contributed by atoms with Crippen molar-refractivity contribution in [2.75, 3.05) is 12.3 Å². The predicted molar refractivity (Wildman–Crippen MR) is 68.7 cm³/mol. The lowest BCUT2D eigenvalue weighted by Crippen LogP contribution is -2.32. The molecule has 0 bridgehead atoms. The fourth-order valence-corrected chi connectivity index (χ4v) is 1.70. The van der Waals surface area contributed by atoms with Crippen LogP contribution in [0.2, 0.25) is 0 Å². The average Bonchev–Trinajstić information content (AvgIpc) is 2.56. The second-order valence-corrected chi connectivity index (χ2v) is 4.35. The van der Waals surface area contributed by atoms with Crippen LogP contribution in [-0.4, -0.2) is 22.2 Å². The number of nitrogens with zero attached hydrogens (tertiary/aromatic N) is 2. The Hall–Kier alpha value is -1.52. The van der Waals surface area contributed by atoms with Gasteiger partial charge in [-0.2, -0.15) is 5.10 Å². The van der Waals surface area contributed by atoms with Gasteiger partial charge in [0.2, 0.25) is 5.91 Å². The summed E-state index contributed by atoms with van der Waals surface area (Å²) in [4.78, 5) is 11.9. The van der Waals surface area contributed by atoms with E-state index in [1.807, 2.05) is 20.8 Å². The number of nitrogen functional groups attached to an aromatic ring is 1. The van der Waals surface area contributed by atoms with Crippen LogP contribution in [0, 0.1) is 13.8 Å². The summed E-state index contributed by atoms with van der Waals surface area (Å²) < 4.78 is 1.69. The van der Waals surface area contributed by atoms with Crippen molar-refractivity contribution in [3.63, 3.8) is 0 Å². The summed E-state index contributed by atoms with van der Waals surface area (Å²) in [5.74, 6) is -0.0101. The molecule has 0 aromatic carbocycles. The van der Waals surface area contributed by atoms with E-state index in [2.05, 4.69) is 17.3 Å². The summed E-state index contributed by atoms with van der Waals surface area (Å²) in [6.45, 7) is 8.37. The van der Waals surface area contributed by atoms with Crippen LogP contribution in [-0.2, 0) is 4.79 Å². The Balaban J connectivity index is 2.71. The van der Waals surface area contributed by atoms with Gasteiger partial charge in [0.25, 0.3) is 0 Å². The standard InChI is InChI=1S/C12H22N4O/c1-5-6-7-14-12(17)10(4)16-9(3)11(13)8(2)15-16/h10H,5-7,13H2,1-4H3,(H,14,17). The molecule has 0 saturated heterocycles. The Morgan fingerprint density at radius 2 is 2.18 bits per heavy atom. The molecule has 1 rings (SSSR count). The number of hydrogen-bond donors (Lipinski definition) is 2. The summed E-state index contributed by atoms with van der Waals surface area (Å²) in [5, 5.41) is 7.19. The Labute approximate surface area is 102 Å². The van der Waals surface area contributed by atoms with Crippen LogP contribution in [0.1, 0.15) is 44.1 Å². The molecular formula is C12H22N4O. The van der Waals surface area contributed by atoms with Crippen LogP contribution in [0.5, 0.6) is 0 Å². The number of nitrogens with one attached hydrogen (secondary N) is 1. The number of carbonyl (C=O) groups is 1. The summed E-state index contributed by atoms with van der Waals surface area (Å²) in [7, 11) is 0. The molecule has 1 aromatic rings. The Morgan fingerprint density at radius 1 is 1.53 bits per heavy atom. The lowest BCUT2D eigenvalue weighted by atomic mass is 10.2.